The van der Waals surface area contributed by atoms with E-state index in [1.165, 1.54) is 19.2 Å². The van der Waals surface area contributed by atoms with Crippen LogP contribution in [0.25, 0.3) is 22.2 Å². The van der Waals surface area contributed by atoms with Gasteiger partial charge in [-0.1, -0.05) is 31.5 Å². The van der Waals surface area contributed by atoms with E-state index >= 15 is 0 Å². The van der Waals surface area contributed by atoms with Crippen molar-refractivity contribution >= 4 is 28.6 Å². The van der Waals surface area contributed by atoms with Crippen LogP contribution in [0.4, 0.5) is 4.39 Å². The molecule has 2 aromatic heterocycles. The lowest BCUT2D eigenvalue weighted by molar-refractivity contribution is 0.0594. The lowest BCUT2D eigenvalue weighted by Crippen LogP contribution is -2.07. The molecule has 6 heteroatoms. The molecule has 0 aliphatic rings. The summed E-state index contributed by atoms with van der Waals surface area (Å²) in [5.41, 5.74) is 2.46. The normalized spacial score (nSPS) is 11.3. The molecule has 0 saturated carbocycles. The first-order valence-corrected chi connectivity index (χ1v) is 8.32. The van der Waals surface area contributed by atoms with E-state index in [1.54, 1.807) is 12.1 Å². The summed E-state index contributed by atoms with van der Waals surface area (Å²) < 4.78 is 20.6. The van der Waals surface area contributed by atoms with Crippen molar-refractivity contribution in [2.75, 3.05) is 7.11 Å². The molecule has 0 aliphatic carbocycles. The molecule has 1 aromatic carbocycles. The van der Waals surface area contributed by atoms with Crippen LogP contribution in [0.3, 0.4) is 0 Å². The van der Waals surface area contributed by atoms with Crippen molar-refractivity contribution < 1.29 is 13.9 Å². The van der Waals surface area contributed by atoms with Crippen LogP contribution in [0, 0.1) is 11.7 Å². The van der Waals surface area contributed by atoms with Gasteiger partial charge >= 0.3 is 5.97 Å². The summed E-state index contributed by atoms with van der Waals surface area (Å²) in [7, 11) is 1.32. The number of aromatic nitrogens is 2. The first kappa shape index (κ1) is 17.4. The zero-order chi connectivity index (χ0) is 18.1. The predicted octanol–water partition coefficient (Wildman–Crippen LogP) is 4.94. The lowest BCUT2D eigenvalue weighted by Gasteiger charge is -2.08. The second-order valence-corrected chi connectivity index (χ2v) is 6.68. The Morgan fingerprint density at radius 1 is 1.32 bits per heavy atom. The first-order chi connectivity index (χ1) is 11.9. The third kappa shape index (κ3) is 3.37. The van der Waals surface area contributed by atoms with Gasteiger partial charge in [0, 0.05) is 23.7 Å². The number of hydrogen-bond acceptors (Lipinski definition) is 3. The summed E-state index contributed by atoms with van der Waals surface area (Å²) in [5.74, 6) is -0.574. The molecule has 0 fully saturated rings. The molecule has 0 spiro atoms. The van der Waals surface area contributed by atoms with Gasteiger partial charge in [0.15, 0.2) is 5.69 Å². The van der Waals surface area contributed by atoms with E-state index < -0.39 is 11.8 Å². The lowest BCUT2D eigenvalue weighted by atomic mass is 10.1. The van der Waals surface area contributed by atoms with E-state index in [-0.39, 0.29) is 10.7 Å². The molecule has 3 rings (SSSR count). The Morgan fingerprint density at radius 2 is 2.08 bits per heavy atom. The monoisotopic (exact) mass is 360 g/mol. The average Bonchev–Trinajstić information content (AvgIpc) is 2.94. The van der Waals surface area contributed by atoms with Gasteiger partial charge < -0.3 is 9.30 Å². The summed E-state index contributed by atoms with van der Waals surface area (Å²) in [6.07, 6.45) is 1.93. The van der Waals surface area contributed by atoms with Crippen LogP contribution in [0.15, 0.2) is 36.5 Å². The van der Waals surface area contributed by atoms with Crippen LogP contribution in [-0.2, 0) is 11.3 Å². The van der Waals surface area contributed by atoms with Crippen LogP contribution < -0.4 is 0 Å². The maximum atomic E-state index is 13.9. The molecule has 0 unspecified atom stereocenters. The third-order valence-electron chi connectivity index (χ3n) is 3.91. The van der Waals surface area contributed by atoms with Crippen molar-refractivity contribution in [2.45, 2.75) is 20.4 Å². The number of methoxy groups -OCH3 is 1. The van der Waals surface area contributed by atoms with Crippen molar-refractivity contribution in [2.24, 2.45) is 5.92 Å². The number of esters is 1. The fraction of sp³-hybridized carbons (Fsp3) is 0.263. The minimum atomic E-state index is -0.488. The largest absolute Gasteiger partial charge is 0.464 e. The number of benzene rings is 1. The Kier molecular flexibility index (Phi) is 4.77. The van der Waals surface area contributed by atoms with E-state index in [1.807, 2.05) is 16.8 Å². The maximum absolute atomic E-state index is 13.9. The second-order valence-electron chi connectivity index (χ2n) is 6.28. The van der Waals surface area contributed by atoms with Gasteiger partial charge in [-0.3, -0.25) is 0 Å². The highest BCUT2D eigenvalue weighted by Crippen LogP contribution is 2.32. The van der Waals surface area contributed by atoms with Gasteiger partial charge in [0.05, 0.1) is 12.1 Å². The number of hydrogen-bond donors (Lipinski definition) is 0. The Morgan fingerprint density at radius 3 is 2.72 bits per heavy atom. The summed E-state index contributed by atoms with van der Waals surface area (Å²) in [6, 6.07) is 8.14. The quantitative estimate of drug-likeness (QED) is 0.619. The first-order valence-electron chi connectivity index (χ1n) is 7.94. The molecule has 0 saturated heterocycles. The molecule has 2 heterocycles. The fourth-order valence-electron chi connectivity index (χ4n) is 2.81. The number of fused-ring (bicyclic) bond motifs is 1. The van der Waals surface area contributed by atoms with Gasteiger partial charge in [-0.2, -0.15) is 0 Å². The fourth-order valence-corrected chi connectivity index (χ4v) is 2.93. The van der Waals surface area contributed by atoms with Crippen LogP contribution in [0.5, 0.6) is 0 Å². The van der Waals surface area contributed by atoms with Crippen LogP contribution in [0.2, 0.25) is 5.02 Å². The number of carbonyl (C=O) groups is 1. The van der Waals surface area contributed by atoms with E-state index in [0.717, 1.165) is 17.5 Å². The van der Waals surface area contributed by atoms with Gasteiger partial charge in [-0.25, -0.2) is 14.2 Å². The van der Waals surface area contributed by atoms with Gasteiger partial charge in [0.1, 0.15) is 11.5 Å². The number of rotatable bonds is 4. The zero-order valence-corrected chi connectivity index (χ0v) is 15.0. The van der Waals surface area contributed by atoms with Crippen molar-refractivity contribution in [3.63, 3.8) is 0 Å². The summed E-state index contributed by atoms with van der Waals surface area (Å²) in [6.45, 7) is 4.92. The number of halogens is 2. The topological polar surface area (TPSA) is 44.1 Å². The number of carbonyl (C=O) groups excluding carboxylic acids is 1. The smallest absolute Gasteiger partial charge is 0.356 e. The van der Waals surface area contributed by atoms with Crippen molar-refractivity contribution in [1.82, 2.24) is 9.55 Å². The molecule has 0 aliphatic heterocycles. The molecular weight excluding hydrogens is 343 g/mol. The molecule has 0 radical (unpaired) electrons. The number of ether oxygens (including phenoxy) is 1. The minimum Gasteiger partial charge on any atom is -0.464 e. The highest BCUT2D eigenvalue weighted by Gasteiger charge is 2.16. The van der Waals surface area contributed by atoms with Crippen molar-refractivity contribution in [3.05, 3.63) is 53.1 Å². The van der Waals surface area contributed by atoms with Crippen molar-refractivity contribution in [3.8, 4) is 11.1 Å². The molecular formula is C19H18ClFN2O2. The molecule has 4 nitrogen and oxygen atoms in total. The van der Waals surface area contributed by atoms with E-state index in [4.69, 9.17) is 16.3 Å². The average molecular weight is 361 g/mol. The van der Waals surface area contributed by atoms with Crippen molar-refractivity contribution in [1.29, 1.82) is 0 Å². The Balaban J connectivity index is 2.21. The molecule has 25 heavy (non-hydrogen) atoms. The van der Waals surface area contributed by atoms with Gasteiger partial charge in [0.25, 0.3) is 0 Å². The van der Waals surface area contributed by atoms with Crippen LogP contribution in [-0.4, -0.2) is 22.6 Å². The minimum absolute atomic E-state index is 0.0840. The SMILES string of the molecule is COC(=O)c1ccc2c(-c3ccc(Cl)c(F)c3)cn(CC(C)C)c2n1. The number of nitrogens with zero attached hydrogens (tertiary/aromatic N) is 2. The Bertz CT molecular complexity index is 950. The molecule has 3 aromatic rings. The standard InChI is InChI=1S/C19H18ClFN2O2/c1-11(2)9-23-10-14(12-4-6-15(20)16(21)8-12)13-5-7-17(19(24)25-3)22-18(13)23/h4-8,10-11H,9H2,1-3H3. The Hall–Kier alpha value is -2.40. The van der Waals surface area contributed by atoms with E-state index in [2.05, 4.69) is 18.8 Å². The number of pyridine rings is 1. The summed E-state index contributed by atoms with van der Waals surface area (Å²) in [5, 5.41) is 0.927. The van der Waals surface area contributed by atoms with Gasteiger partial charge in [-0.05, 0) is 35.7 Å². The summed E-state index contributed by atoms with van der Waals surface area (Å²) in [4.78, 5) is 16.2. The molecule has 130 valence electrons. The molecule has 0 amide bonds. The third-order valence-corrected chi connectivity index (χ3v) is 4.22. The van der Waals surface area contributed by atoms with Gasteiger partial charge in [-0.15, -0.1) is 0 Å². The summed E-state index contributed by atoms with van der Waals surface area (Å²) >= 11 is 5.79. The molecule has 0 atom stereocenters. The highest BCUT2D eigenvalue weighted by atomic mass is 35.5. The molecule has 0 bridgehead atoms. The van der Waals surface area contributed by atoms with Crippen LogP contribution in [0.1, 0.15) is 24.3 Å². The predicted molar refractivity (Wildman–Crippen MR) is 96.3 cm³/mol. The zero-order valence-electron chi connectivity index (χ0n) is 14.2. The molecule has 0 N–H and O–H groups in total. The maximum Gasteiger partial charge on any atom is 0.356 e. The highest BCUT2D eigenvalue weighted by molar-refractivity contribution is 6.30. The van der Waals surface area contributed by atoms with E-state index in [0.29, 0.717) is 17.1 Å². The van der Waals surface area contributed by atoms with E-state index in [9.17, 15) is 9.18 Å². The van der Waals surface area contributed by atoms with Gasteiger partial charge in [0.2, 0.25) is 0 Å². The Labute approximate surface area is 150 Å². The van der Waals surface area contributed by atoms with Crippen LogP contribution >= 0.6 is 11.6 Å². The second kappa shape index (κ2) is 6.84.